The number of nitrogens with two attached hydrogens (primary N) is 1. The summed E-state index contributed by atoms with van der Waals surface area (Å²) in [6, 6.07) is 22.8. The quantitative estimate of drug-likeness (QED) is 0.356. The molecule has 0 atom stereocenters. The van der Waals surface area contributed by atoms with Crippen molar-refractivity contribution in [2.24, 2.45) is 0 Å². The van der Waals surface area contributed by atoms with E-state index in [1.54, 1.807) is 30.3 Å². The topological polar surface area (TPSA) is 89.3 Å². The van der Waals surface area contributed by atoms with E-state index in [1.165, 1.54) is 12.1 Å². The van der Waals surface area contributed by atoms with Crippen molar-refractivity contribution in [1.82, 2.24) is 0 Å². The van der Waals surface area contributed by atoms with E-state index in [1.807, 2.05) is 50.2 Å². The SMILES string of the molecule is Cc1ccc(C(=O)c2sc(Nc3cccc(C)c3)c(S(=O)(=O)c3ccccc3)c2N)cc1. The van der Waals surface area contributed by atoms with Gasteiger partial charge in [-0.15, -0.1) is 11.3 Å². The molecular weight excluding hydrogens is 440 g/mol. The summed E-state index contributed by atoms with van der Waals surface area (Å²) < 4.78 is 27.1. The second-order valence-corrected chi connectivity index (χ2v) is 10.4. The van der Waals surface area contributed by atoms with Gasteiger partial charge >= 0.3 is 0 Å². The molecule has 3 N–H and O–H groups in total. The smallest absolute Gasteiger partial charge is 0.211 e. The Labute approximate surface area is 191 Å². The van der Waals surface area contributed by atoms with Crippen molar-refractivity contribution in [3.63, 3.8) is 0 Å². The van der Waals surface area contributed by atoms with Crippen LogP contribution in [0.4, 0.5) is 16.4 Å². The molecule has 0 aliphatic rings. The van der Waals surface area contributed by atoms with Crippen LogP contribution in [0.1, 0.15) is 26.4 Å². The van der Waals surface area contributed by atoms with E-state index in [4.69, 9.17) is 5.73 Å². The van der Waals surface area contributed by atoms with E-state index < -0.39 is 9.84 Å². The molecule has 1 heterocycles. The van der Waals surface area contributed by atoms with Crippen LogP contribution < -0.4 is 11.1 Å². The number of nitrogen functional groups attached to an aromatic ring is 1. The molecule has 0 radical (unpaired) electrons. The normalized spacial score (nSPS) is 11.3. The number of rotatable bonds is 6. The highest BCUT2D eigenvalue weighted by Gasteiger charge is 2.31. The van der Waals surface area contributed by atoms with Gasteiger partial charge in [0.1, 0.15) is 14.8 Å². The van der Waals surface area contributed by atoms with Crippen LogP contribution in [-0.2, 0) is 9.84 Å². The van der Waals surface area contributed by atoms with E-state index in [0.717, 1.165) is 22.5 Å². The van der Waals surface area contributed by atoms with Crippen LogP contribution in [0.2, 0.25) is 0 Å². The van der Waals surface area contributed by atoms with Crippen LogP contribution in [0.3, 0.4) is 0 Å². The molecule has 0 saturated heterocycles. The Morgan fingerprint density at radius 3 is 2.22 bits per heavy atom. The van der Waals surface area contributed by atoms with E-state index in [9.17, 15) is 13.2 Å². The molecule has 5 nitrogen and oxygen atoms in total. The molecule has 162 valence electrons. The van der Waals surface area contributed by atoms with Crippen molar-refractivity contribution in [3.8, 4) is 0 Å². The van der Waals surface area contributed by atoms with Crippen molar-refractivity contribution in [2.75, 3.05) is 11.1 Å². The third-order valence-corrected chi connectivity index (χ3v) is 8.12. The zero-order valence-corrected chi connectivity index (χ0v) is 19.3. The molecule has 0 saturated carbocycles. The molecule has 0 bridgehead atoms. The Bertz CT molecular complexity index is 1390. The maximum absolute atomic E-state index is 13.5. The number of hydrogen-bond donors (Lipinski definition) is 2. The molecule has 3 aromatic carbocycles. The van der Waals surface area contributed by atoms with Crippen LogP contribution in [0, 0.1) is 13.8 Å². The summed E-state index contributed by atoms with van der Waals surface area (Å²) in [5, 5.41) is 3.49. The standard InChI is InChI=1S/C25H22N2O3S2/c1-16-11-13-18(14-12-16)22(28)23-21(26)24(32(29,30)20-9-4-3-5-10-20)25(31-23)27-19-8-6-7-17(2)15-19/h3-15,27H,26H2,1-2H3. The predicted molar refractivity (Wildman–Crippen MR) is 130 cm³/mol. The number of carbonyl (C=O) groups is 1. The van der Waals surface area contributed by atoms with Gasteiger partial charge in [0.05, 0.1) is 10.6 Å². The van der Waals surface area contributed by atoms with Crippen LogP contribution in [0.5, 0.6) is 0 Å². The highest BCUT2D eigenvalue weighted by Crippen LogP contribution is 2.44. The molecule has 4 rings (SSSR count). The molecule has 0 unspecified atom stereocenters. The molecule has 7 heteroatoms. The zero-order chi connectivity index (χ0) is 22.9. The highest BCUT2D eigenvalue weighted by atomic mass is 32.2. The lowest BCUT2D eigenvalue weighted by atomic mass is 10.1. The van der Waals surface area contributed by atoms with Gasteiger partial charge in [-0.05, 0) is 43.7 Å². The van der Waals surface area contributed by atoms with Crippen molar-refractivity contribution >= 4 is 43.3 Å². The van der Waals surface area contributed by atoms with Gasteiger partial charge in [0.15, 0.2) is 0 Å². The average Bonchev–Trinajstić information content (AvgIpc) is 3.10. The first-order valence-corrected chi connectivity index (χ1v) is 12.2. The summed E-state index contributed by atoms with van der Waals surface area (Å²) >= 11 is 1.05. The lowest BCUT2D eigenvalue weighted by Crippen LogP contribution is -2.08. The minimum Gasteiger partial charge on any atom is -0.396 e. The average molecular weight is 463 g/mol. The first-order valence-electron chi connectivity index (χ1n) is 9.95. The second kappa shape index (κ2) is 8.61. The van der Waals surface area contributed by atoms with Crippen molar-refractivity contribution in [3.05, 3.63) is 100 Å². The molecule has 0 fully saturated rings. The number of thiophene rings is 1. The number of hydrogen-bond acceptors (Lipinski definition) is 6. The van der Waals surface area contributed by atoms with Gasteiger partial charge in [-0.25, -0.2) is 8.42 Å². The fourth-order valence-corrected chi connectivity index (χ4v) is 6.31. The largest absolute Gasteiger partial charge is 0.396 e. The molecule has 32 heavy (non-hydrogen) atoms. The van der Waals surface area contributed by atoms with Crippen molar-refractivity contribution < 1.29 is 13.2 Å². The number of benzene rings is 3. The fraction of sp³-hybridized carbons (Fsp3) is 0.0800. The molecule has 0 aliphatic carbocycles. The Kier molecular flexibility index (Phi) is 5.86. The summed E-state index contributed by atoms with van der Waals surface area (Å²) in [6.45, 7) is 3.88. The van der Waals surface area contributed by atoms with Gasteiger partial charge in [-0.1, -0.05) is 60.2 Å². The van der Waals surface area contributed by atoms with Crippen LogP contribution in [0.25, 0.3) is 0 Å². The van der Waals surface area contributed by atoms with Gasteiger partial charge in [0, 0.05) is 11.3 Å². The molecule has 0 amide bonds. The molecule has 4 aromatic rings. The number of carbonyl (C=O) groups excluding carboxylic acids is 1. The van der Waals surface area contributed by atoms with E-state index in [-0.39, 0.29) is 26.1 Å². The van der Waals surface area contributed by atoms with Crippen molar-refractivity contribution in [1.29, 1.82) is 0 Å². The van der Waals surface area contributed by atoms with Crippen LogP contribution in [0.15, 0.2) is 88.7 Å². The monoisotopic (exact) mass is 462 g/mol. The Balaban J connectivity index is 1.88. The van der Waals surface area contributed by atoms with Gasteiger partial charge in [0.2, 0.25) is 15.6 Å². The van der Waals surface area contributed by atoms with Crippen LogP contribution >= 0.6 is 11.3 Å². The first-order chi connectivity index (χ1) is 15.3. The van der Waals surface area contributed by atoms with Crippen LogP contribution in [-0.4, -0.2) is 14.2 Å². The molecule has 1 aromatic heterocycles. The van der Waals surface area contributed by atoms with E-state index in [2.05, 4.69) is 5.32 Å². The van der Waals surface area contributed by atoms with E-state index in [0.29, 0.717) is 16.3 Å². The number of nitrogens with one attached hydrogen (secondary N) is 1. The second-order valence-electron chi connectivity index (χ2n) is 7.51. The van der Waals surface area contributed by atoms with Gasteiger partial charge < -0.3 is 11.1 Å². The maximum atomic E-state index is 13.5. The number of anilines is 3. The molecular formula is C25H22N2O3S2. The van der Waals surface area contributed by atoms with E-state index >= 15 is 0 Å². The minimum absolute atomic E-state index is 0.0421. The summed E-state index contributed by atoms with van der Waals surface area (Å²) in [5.74, 6) is -0.311. The molecule has 0 aliphatic heterocycles. The maximum Gasteiger partial charge on any atom is 0.211 e. The summed E-state index contributed by atoms with van der Waals surface area (Å²) in [7, 11) is -3.96. The summed E-state index contributed by atoms with van der Waals surface area (Å²) in [4.78, 5) is 13.5. The lowest BCUT2D eigenvalue weighted by molar-refractivity contribution is 0.104. The number of aryl methyl sites for hydroxylation is 2. The number of ketones is 1. The third-order valence-electron chi connectivity index (χ3n) is 5.02. The van der Waals surface area contributed by atoms with Gasteiger partial charge in [0.25, 0.3) is 0 Å². The fourth-order valence-electron chi connectivity index (χ4n) is 3.35. The highest BCUT2D eigenvalue weighted by molar-refractivity contribution is 7.92. The first kappa shape index (κ1) is 21.8. The summed E-state index contributed by atoms with van der Waals surface area (Å²) in [6.07, 6.45) is 0. The Morgan fingerprint density at radius 1 is 0.875 bits per heavy atom. The summed E-state index contributed by atoms with van der Waals surface area (Å²) in [5.41, 5.74) is 9.51. The predicted octanol–water partition coefficient (Wildman–Crippen LogP) is 5.75. The molecule has 0 spiro atoms. The number of sulfone groups is 1. The van der Waals surface area contributed by atoms with Gasteiger partial charge in [-0.2, -0.15) is 0 Å². The lowest BCUT2D eigenvalue weighted by Gasteiger charge is -2.10. The Hall–Kier alpha value is -3.42. The third kappa shape index (κ3) is 4.17. The Morgan fingerprint density at radius 2 is 1.56 bits per heavy atom. The minimum atomic E-state index is -3.96. The zero-order valence-electron chi connectivity index (χ0n) is 17.6. The van der Waals surface area contributed by atoms with Gasteiger partial charge in [-0.3, -0.25) is 4.79 Å². The van der Waals surface area contributed by atoms with Crippen molar-refractivity contribution in [2.45, 2.75) is 23.6 Å².